The van der Waals surface area contributed by atoms with Crippen LogP contribution in [0.2, 0.25) is 0 Å². The monoisotopic (exact) mass is 354 g/mol. The van der Waals surface area contributed by atoms with Crippen molar-refractivity contribution in [3.05, 3.63) is 42.1 Å². The summed E-state index contributed by atoms with van der Waals surface area (Å²) in [7, 11) is 0. The van der Waals surface area contributed by atoms with E-state index in [9.17, 15) is 0 Å². The van der Waals surface area contributed by atoms with E-state index in [0.717, 1.165) is 51.5 Å². The Morgan fingerprint density at radius 1 is 1.15 bits per heavy atom. The standard InChI is InChI=1S/C21H30N4O/c1-4-8-18-15-23-24-20(19(18)17-9-6-5-7-10-17)22-16-21(2,3)25-11-13-26-14-12-25/h5-7,9-10,15H,4,8,11-14,16H2,1-3H3,(H,22,24). The number of hydrogen-bond donors (Lipinski definition) is 1. The highest BCUT2D eigenvalue weighted by molar-refractivity contribution is 5.77. The Morgan fingerprint density at radius 2 is 1.88 bits per heavy atom. The number of nitrogens with one attached hydrogen (secondary N) is 1. The van der Waals surface area contributed by atoms with Gasteiger partial charge in [0.2, 0.25) is 0 Å². The number of morpholine rings is 1. The lowest BCUT2D eigenvalue weighted by Crippen LogP contribution is -2.53. The molecule has 140 valence electrons. The molecule has 1 N–H and O–H groups in total. The first-order valence-electron chi connectivity index (χ1n) is 9.58. The van der Waals surface area contributed by atoms with Crippen LogP contribution in [0.15, 0.2) is 36.5 Å². The Balaban J connectivity index is 1.84. The average Bonchev–Trinajstić information content (AvgIpc) is 2.68. The molecule has 0 aliphatic carbocycles. The minimum Gasteiger partial charge on any atom is -0.379 e. The SMILES string of the molecule is CCCc1cnnc(NCC(C)(C)N2CCOCC2)c1-c1ccccc1. The lowest BCUT2D eigenvalue weighted by atomic mass is 9.98. The van der Waals surface area contributed by atoms with Crippen LogP contribution in [0, 0.1) is 0 Å². The van der Waals surface area contributed by atoms with E-state index in [-0.39, 0.29) is 5.54 Å². The maximum absolute atomic E-state index is 5.49. The zero-order valence-corrected chi connectivity index (χ0v) is 16.2. The molecule has 0 unspecified atom stereocenters. The van der Waals surface area contributed by atoms with Crippen molar-refractivity contribution < 1.29 is 4.74 Å². The molecular formula is C21H30N4O. The van der Waals surface area contributed by atoms with E-state index in [1.54, 1.807) is 0 Å². The molecule has 1 saturated heterocycles. The molecule has 0 bridgehead atoms. The van der Waals surface area contributed by atoms with E-state index < -0.39 is 0 Å². The normalized spacial score (nSPS) is 15.8. The van der Waals surface area contributed by atoms with Gasteiger partial charge in [0.05, 0.1) is 19.4 Å². The molecule has 2 heterocycles. The van der Waals surface area contributed by atoms with Crippen LogP contribution in [0.1, 0.15) is 32.8 Å². The van der Waals surface area contributed by atoms with Crippen molar-refractivity contribution in [2.24, 2.45) is 0 Å². The lowest BCUT2D eigenvalue weighted by Gasteiger charge is -2.41. The summed E-state index contributed by atoms with van der Waals surface area (Å²) in [5.41, 5.74) is 3.65. The largest absolute Gasteiger partial charge is 0.379 e. The Hall–Kier alpha value is -1.98. The molecule has 1 fully saturated rings. The van der Waals surface area contributed by atoms with Crippen molar-refractivity contribution in [1.82, 2.24) is 15.1 Å². The summed E-state index contributed by atoms with van der Waals surface area (Å²) in [6.07, 6.45) is 4.00. The number of hydrogen-bond acceptors (Lipinski definition) is 5. The van der Waals surface area contributed by atoms with Gasteiger partial charge >= 0.3 is 0 Å². The number of rotatable bonds is 7. The maximum atomic E-state index is 5.49. The first kappa shape index (κ1) is 18.8. The third-order valence-electron chi connectivity index (χ3n) is 5.07. The summed E-state index contributed by atoms with van der Waals surface area (Å²) >= 11 is 0. The number of aryl methyl sites for hydroxylation is 1. The van der Waals surface area contributed by atoms with Gasteiger partial charge in [-0.3, -0.25) is 4.90 Å². The first-order chi connectivity index (χ1) is 12.6. The highest BCUT2D eigenvalue weighted by atomic mass is 16.5. The van der Waals surface area contributed by atoms with E-state index in [1.165, 1.54) is 16.7 Å². The Bertz CT molecular complexity index is 696. The summed E-state index contributed by atoms with van der Waals surface area (Å²) in [4.78, 5) is 2.48. The summed E-state index contributed by atoms with van der Waals surface area (Å²) in [6, 6.07) is 10.5. The van der Waals surface area contributed by atoms with Crippen molar-refractivity contribution >= 4 is 5.82 Å². The topological polar surface area (TPSA) is 50.3 Å². The summed E-state index contributed by atoms with van der Waals surface area (Å²) < 4.78 is 5.49. The molecule has 2 aromatic rings. The van der Waals surface area contributed by atoms with Gasteiger partial charge in [-0.1, -0.05) is 43.7 Å². The van der Waals surface area contributed by atoms with Crippen molar-refractivity contribution in [1.29, 1.82) is 0 Å². The molecule has 0 radical (unpaired) electrons. The molecular weight excluding hydrogens is 324 g/mol. The lowest BCUT2D eigenvalue weighted by molar-refractivity contribution is -0.00570. The van der Waals surface area contributed by atoms with Gasteiger partial charge < -0.3 is 10.1 Å². The zero-order valence-electron chi connectivity index (χ0n) is 16.2. The predicted molar refractivity (Wildman–Crippen MR) is 106 cm³/mol. The zero-order chi connectivity index (χ0) is 18.4. The fourth-order valence-corrected chi connectivity index (χ4v) is 3.51. The number of anilines is 1. The number of aromatic nitrogens is 2. The van der Waals surface area contributed by atoms with Crippen LogP contribution in [-0.2, 0) is 11.2 Å². The molecule has 0 saturated carbocycles. The predicted octanol–water partition coefficient (Wildman–Crippen LogP) is 3.62. The van der Waals surface area contributed by atoms with Crippen molar-refractivity contribution in [2.45, 2.75) is 39.2 Å². The van der Waals surface area contributed by atoms with Gasteiger partial charge in [0, 0.05) is 30.7 Å². The summed E-state index contributed by atoms with van der Waals surface area (Å²) in [5, 5.41) is 12.3. The van der Waals surface area contributed by atoms with Gasteiger partial charge in [-0.25, -0.2) is 0 Å². The van der Waals surface area contributed by atoms with Crippen LogP contribution >= 0.6 is 0 Å². The van der Waals surface area contributed by atoms with Crippen LogP contribution in [0.5, 0.6) is 0 Å². The molecule has 1 aromatic carbocycles. The van der Waals surface area contributed by atoms with Crippen LogP contribution < -0.4 is 5.32 Å². The van der Waals surface area contributed by atoms with Gasteiger partial charge in [0.25, 0.3) is 0 Å². The minimum atomic E-state index is 0.0280. The Kier molecular flexibility index (Phi) is 6.22. The van der Waals surface area contributed by atoms with Gasteiger partial charge in [0.15, 0.2) is 5.82 Å². The molecule has 0 spiro atoms. The average molecular weight is 354 g/mol. The van der Waals surface area contributed by atoms with Crippen LogP contribution in [-0.4, -0.2) is 53.5 Å². The van der Waals surface area contributed by atoms with Gasteiger partial charge in [-0.2, -0.15) is 5.10 Å². The van der Waals surface area contributed by atoms with E-state index in [1.807, 2.05) is 12.3 Å². The van der Waals surface area contributed by atoms with Crippen LogP contribution in [0.3, 0.4) is 0 Å². The third-order valence-corrected chi connectivity index (χ3v) is 5.07. The van der Waals surface area contributed by atoms with E-state index in [2.05, 4.69) is 65.5 Å². The quantitative estimate of drug-likeness (QED) is 0.823. The molecule has 3 rings (SSSR count). The molecule has 1 aliphatic rings. The van der Waals surface area contributed by atoms with Gasteiger partial charge in [0.1, 0.15) is 0 Å². The Labute approximate surface area is 156 Å². The second kappa shape index (κ2) is 8.60. The fourth-order valence-electron chi connectivity index (χ4n) is 3.51. The van der Waals surface area contributed by atoms with Crippen LogP contribution in [0.4, 0.5) is 5.82 Å². The number of nitrogens with zero attached hydrogens (tertiary/aromatic N) is 3. The van der Waals surface area contributed by atoms with Crippen molar-refractivity contribution in [3.63, 3.8) is 0 Å². The molecule has 0 amide bonds. The smallest absolute Gasteiger partial charge is 0.156 e. The molecule has 1 aliphatic heterocycles. The Morgan fingerprint density at radius 3 is 2.58 bits per heavy atom. The molecule has 26 heavy (non-hydrogen) atoms. The van der Waals surface area contributed by atoms with Gasteiger partial charge in [-0.15, -0.1) is 5.10 Å². The van der Waals surface area contributed by atoms with Gasteiger partial charge in [-0.05, 0) is 31.4 Å². The summed E-state index contributed by atoms with van der Waals surface area (Å²) in [5.74, 6) is 0.878. The highest BCUT2D eigenvalue weighted by Gasteiger charge is 2.28. The molecule has 5 heteroatoms. The van der Waals surface area contributed by atoms with E-state index >= 15 is 0 Å². The number of benzene rings is 1. The molecule has 5 nitrogen and oxygen atoms in total. The molecule has 1 aromatic heterocycles. The number of ether oxygens (including phenoxy) is 1. The third kappa shape index (κ3) is 4.40. The fraction of sp³-hybridized carbons (Fsp3) is 0.524. The van der Waals surface area contributed by atoms with Crippen LogP contribution in [0.25, 0.3) is 11.1 Å². The first-order valence-corrected chi connectivity index (χ1v) is 9.58. The maximum Gasteiger partial charge on any atom is 0.156 e. The van der Waals surface area contributed by atoms with E-state index in [4.69, 9.17) is 4.74 Å². The minimum absolute atomic E-state index is 0.0280. The summed E-state index contributed by atoms with van der Waals surface area (Å²) in [6.45, 7) is 11.1. The highest BCUT2D eigenvalue weighted by Crippen LogP contribution is 2.31. The van der Waals surface area contributed by atoms with Crippen molar-refractivity contribution in [2.75, 3.05) is 38.2 Å². The molecule has 0 atom stereocenters. The van der Waals surface area contributed by atoms with E-state index in [0.29, 0.717) is 0 Å². The second-order valence-electron chi connectivity index (χ2n) is 7.47. The van der Waals surface area contributed by atoms with Crippen molar-refractivity contribution in [3.8, 4) is 11.1 Å². The second-order valence-corrected chi connectivity index (χ2v) is 7.47.